The van der Waals surface area contributed by atoms with Crippen LogP contribution in [-0.2, 0) is 0 Å². The van der Waals surface area contributed by atoms with Crippen molar-refractivity contribution in [2.75, 3.05) is 17.3 Å². The van der Waals surface area contributed by atoms with E-state index in [1.54, 1.807) is 0 Å². The van der Waals surface area contributed by atoms with Crippen molar-refractivity contribution in [3.63, 3.8) is 0 Å². The van der Waals surface area contributed by atoms with Crippen LogP contribution in [0.15, 0.2) is 6.07 Å². The average molecular weight is 251 g/mol. The lowest BCUT2D eigenvalue weighted by molar-refractivity contribution is 0.304. The summed E-state index contributed by atoms with van der Waals surface area (Å²) in [5.41, 5.74) is 3.37. The van der Waals surface area contributed by atoms with Gasteiger partial charge >= 0.3 is 0 Å². The van der Waals surface area contributed by atoms with E-state index in [0.717, 1.165) is 18.1 Å². The lowest BCUT2D eigenvalue weighted by atomic mass is 9.85. The summed E-state index contributed by atoms with van der Waals surface area (Å²) < 4.78 is 0. The minimum absolute atomic E-state index is 0.447. The van der Waals surface area contributed by atoms with E-state index in [4.69, 9.17) is 5.84 Å². The van der Waals surface area contributed by atoms with Gasteiger partial charge in [-0.25, -0.2) is 10.8 Å². The van der Waals surface area contributed by atoms with Crippen LogP contribution >= 0.6 is 0 Å². The molecule has 0 fully saturated rings. The van der Waals surface area contributed by atoms with Gasteiger partial charge in [0.1, 0.15) is 5.82 Å². The highest BCUT2D eigenvalue weighted by Crippen LogP contribution is 2.21. The molecule has 102 valence electrons. The van der Waals surface area contributed by atoms with Gasteiger partial charge in [-0.05, 0) is 24.7 Å². The second-order valence-corrected chi connectivity index (χ2v) is 5.40. The second kappa shape index (κ2) is 6.54. The standard InChI is InChI=1S/C13H25N5/c1-8(2)11(9(3)4)7-15-12-6-10(5)16-13(17-12)18-14/h6,8-9,11H,7,14H2,1-5H3,(H2,15,16,17,18). The average Bonchev–Trinajstić information content (AvgIpc) is 2.27. The van der Waals surface area contributed by atoms with Crippen molar-refractivity contribution >= 4 is 11.8 Å². The van der Waals surface area contributed by atoms with Crippen LogP contribution in [-0.4, -0.2) is 16.5 Å². The summed E-state index contributed by atoms with van der Waals surface area (Å²) in [5.74, 6) is 8.52. The Morgan fingerprint density at radius 3 is 2.28 bits per heavy atom. The fraction of sp³-hybridized carbons (Fsp3) is 0.692. The lowest BCUT2D eigenvalue weighted by Gasteiger charge is -2.25. The third-order valence-electron chi connectivity index (χ3n) is 3.21. The van der Waals surface area contributed by atoms with Gasteiger partial charge in [0, 0.05) is 18.3 Å². The quantitative estimate of drug-likeness (QED) is 0.534. The number of aromatic nitrogens is 2. The van der Waals surface area contributed by atoms with E-state index >= 15 is 0 Å². The van der Waals surface area contributed by atoms with E-state index in [2.05, 4.69) is 48.4 Å². The van der Waals surface area contributed by atoms with Crippen LogP contribution < -0.4 is 16.6 Å². The zero-order valence-electron chi connectivity index (χ0n) is 12.0. The molecule has 0 saturated heterocycles. The Morgan fingerprint density at radius 2 is 1.78 bits per heavy atom. The molecule has 0 aliphatic rings. The Morgan fingerprint density at radius 1 is 1.17 bits per heavy atom. The highest BCUT2D eigenvalue weighted by Gasteiger charge is 2.17. The van der Waals surface area contributed by atoms with E-state index in [0.29, 0.717) is 23.7 Å². The molecule has 1 aromatic rings. The normalized spacial score (nSPS) is 11.4. The van der Waals surface area contributed by atoms with E-state index in [1.165, 1.54) is 0 Å². The Hall–Kier alpha value is -1.36. The first-order chi connectivity index (χ1) is 8.43. The van der Waals surface area contributed by atoms with Crippen LogP contribution in [0.4, 0.5) is 11.8 Å². The molecule has 0 aliphatic carbocycles. The summed E-state index contributed by atoms with van der Waals surface area (Å²) >= 11 is 0. The van der Waals surface area contributed by atoms with E-state index in [1.807, 2.05) is 13.0 Å². The Kier molecular flexibility index (Phi) is 5.34. The largest absolute Gasteiger partial charge is 0.370 e. The summed E-state index contributed by atoms with van der Waals surface area (Å²) in [4.78, 5) is 8.45. The van der Waals surface area contributed by atoms with Crippen molar-refractivity contribution in [2.24, 2.45) is 23.6 Å². The van der Waals surface area contributed by atoms with Crippen LogP contribution in [0.2, 0.25) is 0 Å². The van der Waals surface area contributed by atoms with Crippen molar-refractivity contribution in [1.82, 2.24) is 9.97 Å². The van der Waals surface area contributed by atoms with Gasteiger partial charge in [0.2, 0.25) is 5.95 Å². The molecule has 0 radical (unpaired) electrons. The summed E-state index contributed by atoms with van der Waals surface area (Å²) in [6.07, 6.45) is 0. The molecular weight excluding hydrogens is 226 g/mol. The van der Waals surface area contributed by atoms with Crippen molar-refractivity contribution in [1.29, 1.82) is 0 Å². The highest BCUT2D eigenvalue weighted by molar-refractivity contribution is 5.41. The van der Waals surface area contributed by atoms with Crippen molar-refractivity contribution < 1.29 is 0 Å². The molecule has 0 spiro atoms. The first-order valence-corrected chi connectivity index (χ1v) is 6.50. The first-order valence-electron chi connectivity index (χ1n) is 6.50. The molecule has 0 unspecified atom stereocenters. The molecule has 5 heteroatoms. The SMILES string of the molecule is Cc1cc(NCC(C(C)C)C(C)C)nc(NN)n1. The van der Waals surface area contributed by atoms with E-state index in [9.17, 15) is 0 Å². The molecule has 0 aromatic carbocycles. The predicted octanol–water partition coefficient (Wildman–Crippen LogP) is 2.41. The van der Waals surface area contributed by atoms with Crippen molar-refractivity contribution in [3.8, 4) is 0 Å². The molecule has 18 heavy (non-hydrogen) atoms. The zero-order chi connectivity index (χ0) is 13.7. The number of aryl methyl sites for hydroxylation is 1. The van der Waals surface area contributed by atoms with Crippen molar-refractivity contribution in [3.05, 3.63) is 11.8 Å². The number of hydrazine groups is 1. The number of rotatable bonds is 6. The van der Waals surface area contributed by atoms with Gasteiger partial charge in [0.25, 0.3) is 0 Å². The van der Waals surface area contributed by atoms with Crippen LogP contribution in [0, 0.1) is 24.7 Å². The number of nitrogens with two attached hydrogens (primary N) is 1. The van der Waals surface area contributed by atoms with Gasteiger partial charge in [-0.1, -0.05) is 27.7 Å². The molecule has 0 amide bonds. The van der Waals surface area contributed by atoms with Gasteiger partial charge in [-0.3, -0.25) is 5.43 Å². The summed E-state index contributed by atoms with van der Waals surface area (Å²) in [7, 11) is 0. The van der Waals surface area contributed by atoms with Gasteiger partial charge in [0.05, 0.1) is 0 Å². The molecule has 0 bridgehead atoms. The van der Waals surface area contributed by atoms with E-state index < -0.39 is 0 Å². The van der Waals surface area contributed by atoms with Gasteiger partial charge in [0.15, 0.2) is 0 Å². The smallest absolute Gasteiger partial charge is 0.239 e. The molecule has 4 N–H and O–H groups in total. The Labute approximate surface area is 110 Å². The van der Waals surface area contributed by atoms with Crippen LogP contribution in [0.5, 0.6) is 0 Å². The maximum Gasteiger partial charge on any atom is 0.239 e. The number of nitrogens with zero attached hydrogens (tertiary/aromatic N) is 2. The fourth-order valence-electron chi connectivity index (χ4n) is 2.19. The van der Waals surface area contributed by atoms with Crippen molar-refractivity contribution in [2.45, 2.75) is 34.6 Å². The van der Waals surface area contributed by atoms with Gasteiger partial charge in [-0.2, -0.15) is 4.98 Å². The van der Waals surface area contributed by atoms with Crippen LogP contribution in [0.25, 0.3) is 0 Å². The third-order valence-corrected chi connectivity index (χ3v) is 3.21. The number of hydrogen-bond acceptors (Lipinski definition) is 5. The topological polar surface area (TPSA) is 75.9 Å². The summed E-state index contributed by atoms with van der Waals surface area (Å²) in [5, 5.41) is 3.38. The Balaban J connectivity index is 2.70. The minimum Gasteiger partial charge on any atom is -0.370 e. The monoisotopic (exact) mass is 251 g/mol. The predicted molar refractivity (Wildman–Crippen MR) is 76.2 cm³/mol. The number of nitrogens with one attached hydrogen (secondary N) is 2. The molecule has 0 saturated carbocycles. The third kappa shape index (κ3) is 4.14. The molecule has 1 aromatic heterocycles. The zero-order valence-corrected chi connectivity index (χ0v) is 12.0. The number of hydrogen-bond donors (Lipinski definition) is 3. The lowest BCUT2D eigenvalue weighted by Crippen LogP contribution is -2.25. The minimum atomic E-state index is 0.447. The second-order valence-electron chi connectivity index (χ2n) is 5.40. The molecule has 5 nitrogen and oxygen atoms in total. The number of nitrogen functional groups attached to an aromatic ring is 1. The van der Waals surface area contributed by atoms with Crippen LogP contribution in [0.3, 0.4) is 0 Å². The maximum absolute atomic E-state index is 5.34. The molecule has 1 heterocycles. The molecule has 0 aliphatic heterocycles. The Bertz CT molecular complexity index is 368. The summed E-state index contributed by atoms with van der Waals surface area (Å²) in [6, 6.07) is 1.93. The fourth-order valence-corrected chi connectivity index (χ4v) is 2.19. The van der Waals surface area contributed by atoms with Gasteiger partial charge in [-0.15, -0.1) is 0 Å². The molecule has 0 atom stereocenters. The van der Waals surface area contributed by atoms with E-state index in [-0.39, 0.29) is 0 Å². The summed E-state index contributed by atoms with van der Waals surface area (Å²) in [6.45, 7) is 11.9. The van der Waals surface area contributed by atoms with Gasteiger partial charge < -0.3 is 5.32 Å². The van der Waals surface area contributed by atoms with Crippen LogP contribution in [0.1, 0.15) is 33.4 Å². The number of anilines is 2. The maximum atomic E-state index is 5.34. The molecule has 1 rings (SSSR count). The molecular formula is C13H25N5. The highest BCUT2D eigenvalue weighted by atomic mass is 15.3. The first kappa shape index (κ1) is 14.7.